The molecule has 1 aromatic rings. The molecule has 13 heavy (non-hydrogen) atoms. The number of nitrogens with two attached hydrogens (primary N) is 1. The highest BCUT2D eigenvalue weighted by molar-refractivity contribution is 5.81. The molecule has 0 aliphatic heterocycles. The molecule has 0 bridgehead atoms. The van der Waals surface area contributed by atoms with Gasteiger partial charge in [0.25, 0.3) is 0 Å². The number of halogens is 1. The third kappa shape index (κ3) is 1.20. The first-order valence-electron chi connectivity index (χ1n) is 4.26. The zero-order valence-corrected chi connectivity index (χ0v) is 7.13. The molecule has 68 valence electrons. The topological polar surface area (TPSA) is 49.9 Å². The highest BCUT2D eigenvalue weighted by atomic mass is 19.1. The van der Waals surface area contributed by atoms with Crippen LogP contribution in [0.15, 0.2) is 24.3 Å². The maximum Gasteiger partial charge on any atom is 0.135 e. The molecule has 2 nitrogen and oxygen atoms in total. The molecule has 0 spiro atoms. The molecule has 0 saturated carbocycles. The van der Waals surface area contributed by atoms with Crippen molar-refractivity contribution in [3.05, 3.63) is 35.4 Å². The van der Waals surface area contributed by atoms with Crippen molar-refractivity contribution in [3.8, 4) is 0 Å². The summed E-state index contributed by atoms with van der Waals surface area (Å²) in [5.74, 6) is -0.499. The van der Waals surface area contributed by atoms with Crippen molar-refractivity contribution in [2.45, 2.75) is 12.6 Å². The maximum absolute atomic E-state index is 13.6. The van der Waals surface area contributed by atoms with Crippen LogP contribution in [0.3, 0.4) is 0 Å². The van der Waals surface area contributed by atoms with Gasteiger partial charge in [-0.15, -0.1) is 0 Å². The van der Waals surface area contributed by atoms with E-state index in [0.717, 1.165) is 5.56 Å². The van der Waals surface area contributed by atoms with Crippen LogP contribution in [-0.4, -0.2) is 5.84 Å². The second-order valence-corrected chi connectivity index (χ2v) is 3.37. The first-order valence-corrected chi connectivity index (χ1v) is 4.26. The fraction of sp³-hybridized carbons (Fsp3) is 0.300. The van der Waals surface area contributed by atoms with Gasteiger partial charge in [0.1, 0.15) is 6.17 Å². The molecule has 2 rings (SSSR count). The number of alkyl halides is 1. The van der Waals surface area contributed by atoms with Gasteiger partial charge in [-0.05, 0) is 17.5 Å². The van der Waals surface area contributed by atoms with Crippen molar-refractivity contribution in [1.29, 1.82) is 5.41 Å². The van der Waals surface area contributed by atoms with E-state index in [1.807, 2.05) is 18.2 Å². The van der Waals surface area contributed by atoms with Gasteiger partial charge in [-0.2, -0.15) is 0 Å². The first kappa shape index (κ1) is 8.23. The summed E-state index contributed by atoms with van der Waals surface area (Å²) >= 11 is 0. The van der Waals surface area contributed by atoms with E-state index in [1.165, 1.54) is 0 Å². The predicted octanol–water partition coefficient (Wildman–Crippen LogP) is 1.81. The molecular weight excluding hydrogens is 167 g/mol. The standard InChI is InChI=1S/C10H11FN2/c11-9-7-4-2-1-3-6(7)5-8(9)10(12)13/h1-4,8-9H,5H2,(H3,12,13). The molecule has 0 aromatic heterocycles. The number of hydrogen-bond donors (Lipinski definition) is 2. The van der Waals surface area contributed by atoms with Crippen LogP contribution in [0, 0.1) is 11.3 Å². The highest BCUT2D eigenvalue weighted by Crippen LogP contribution is 2.38. The minimum absolute atomic E-state index is 0.0521. The lowest BCUT2D eigenvalue weighted by atomic mass is 10.0. The monoisotopic (exact) mass is 178 g/mol. The van der Waals surface area contributed by atoms with Crippen LogP contribution < -0.4 is 5.73 Å². The fourth-order valence-corrected chi connectivity index (χ4v) is 1.81. The van der Waals surface area contributed by atoms with Crippen LogP contribution in [0.25, 0.3) is 0 Å². The fourth-order valence-electron chi connectivity index (χ4n) is 1.81. The Labute approximate surface area is 76.1 Å². The van der Waals surface area contributed by atoms with Crippen molar-refractivity contribution in [2.24, 2.45) is 11.7 Å². The van der Waals surface area contributed by atoms with E-state index in [4.69, 9.17) is 11.1 Å². The smallest absolute Gasteiger partial charge is 0.135 e. The molecule has 0 radical (unpaired) electrons. The quantitative estimate of drug-likeness (QED) is 0.500. The van der Waals surface area contributed by atoms with Crippen LogP contribution in [-0.2, 0) is 6.42 Å². The number of amidine groups is 1. The molecule has 2 atom stereocenters. The summed E-state index contributed by atoms with van der Waals surface area (Å²) in [5.41, 5.74) is 6.99. The van der Waals surface area contributed by atoms with E-state index < -0.39 is 12.1 Å². The zero-order valence-electron chi connectivity index (χ0n) is 7.13. The van der Waals surface area contributed by atoms with E-state index in [-0.39, 0.29) is 5.84 Å². The van der Waals surface area contributed by atoms with E-state index in [9.17, 15) is 4.39 Å². The van der Waals surface area contributed by atoms with Gasteiger partial charge in [0.2, 0.25) is 0 Å². The lowest BCUT2D eigenvalue weighted by Gasteiger charge is -2.09. The largest absolute Gasteiger partial charge is 0.387 e. The summed E-state index contributed by atoms with van der Waals surface area (Å²) in [7, 11) is 0. The Morgan fingerprint density at radius 3 is 2.77 bits per heavy atom. The SMILES string of the molecule is N=C(N)C1Cc2ccccc2C1F. The molecule has 3 N–H and O–H groups in total. The third-order valence-corrected chi connectivity index (χ3v) is 2.54. The summed E-state index contributed by atoms with van der Waals surface area (Å²) in [6, 6.07) is 7.36. The van der Waals surface area contributed by atoms with Gasteiger partial charge in [0, 0.05) is 0 Å². The van der Waals surface area contributed by atoms with Gasteiger partial charge in [0.15, 0.2) is 0 Å². The summed E-state index contributed by atoms with van der Waals surface area (Å²) in [5, 5.41) is 7.24. The Kier molecular flexibility index (Phi) is 1.79. The third-order valence-electron chi connectivity index (χ3n) is 2.54. The summed E-state index contributed by atoms with van der Waals surface area (Å²) in [4.78, 5) is 0. The van der Waals surface area contributed by atoms with E-state index >= 15 is 0 Å². The number of nitrogens with one attached hydrogen (secondary N) is 1. The van der Waals surface area contributed by atoms with Gasteiger partial charge in [0.05, 0.1) is 11.8 Å². The average Bonchev–Trinajstić information content (AvgIpc) is 2.45. The molecule has 0 saturated heterocycles. The number of fused-ring (bicyclic) bond motifs is 1. The van der Waals surface area contributed by atoms with Gasteiger partial charge >= 0.3 is 0 Å². The molecular formula is C10H11FN2. The Morgan fingerprint density at radius 1 is 1.46 bits per heavy atom. The molecule has 0 amide bonds. The predicted molar refractivity (Wildman–Crippen MR) is 49.4 cm³/mol. The van der Waals surface area contributed by atoms with Crippen molar-refractivity contribution in [1.82, 2.24) is 0 Å². The Morgan fingerprint density at radius 2 is 2.15 bits per heavy atom. The van der Waals surface area contributed by atoms with Crippen LogP contribution in [0.5, 0.6) is 0 Å². The zero-order chi connectivity index (χ0) is 9.42. The van der Waals surface area contributed by atoms with Gasteiger partial charge in [-0.3, -0.25) is 5.41 Å². The van der Waals surface area contributed by atoms with Crippen LogP contribution >= 0.6 is 0 Å². The first-order chi connectivity index (χ1) is 6.20. The second-order valence-electron chi connectivity index (χ2n) is 3.37. The van der Waals surface area contributed by atoms with Crippen molar-refractivity contribution < 1.29 is 4.39 Å². The van der Waals surface area contributed by atoms with Crippen LogP contribution in [0.1, 0.15) is 17.3 Å². The van der Waals surface area contributed by atoms with Crippen molar-refractivity contribution in [2.75, 3.05) is 0 Å². The number of rotatable bonds is 1. The van der Waals surface area contributed by atoms with Gasteiger partial charge in [-0.1, -0.05) is 24.3 Å². The summed E-state index contributed by atoms with van der Waals surface area (Å²) < 4.78 is 13.6. The minimum Gasteiger partial charge on any atom is -0.387 e. The van der Waals surface area contributed by atoms with Crippen LogP contribution in [0.4, 0.5) is 4.39 Å². The maximum atomic E-state index is 13.6. The second kappa shape index (κ2) is 2.83. The Bertz CT molecular complexity index is 349. The Hall–Kier alpha value is -1.38. The number of hydrogen-bond acceptors (Lipinski definition) is 1. The van der Waals surface area contributed by atoms with Gasteiger partial charge in [-0.25, -0.2) is 4.39 Å². The Balaban J connectivity index is 2.38. The molecule has 2 unspecified atom stereocenters. The normalized spacial score (nSPS) is 25.6. The summed E-state index contributed by atoms with van der Waals surface area (Å²) in [6.45, 7) is 0. The molecule has 0 heterocycles. The lowest BCUT2D eigenvalue weighted by molar-refractivity contribution is 0.301. The number of benzene rings is 1. The molecule has 1 aliphatic carbocycles. The average molecular weight is 178 g/mol. The highest BCUT2D eigenvalue weighted by Gasteiger charge is 2.33. The molecule has 3 heteroatoms. The molecule has 1 aromatic carbocycles. The van der Waals surface area contributed by atoms with E-state index in [2.05, 4.69) is 0 Å². The van der Waals surface area contributed by atoms with Crippen LogP contribution in [0.2, 0.25) is 0 Å². The van der Waals surface area contributed by atoms with Crippen molar-refractivity contribution in [3.63, 3.8) is 0 Å². The minimum atomic E-state index is -1.09. The van der Waals surface area contributed by atoms with Gasteiger partial charge < -0.3 is 5.73 Å². The lowest BCUT2D eigenvalue weighted by Crippen LogP contribution is -2.24. The summed E-state index contributed by atoms with van der Waals surface area (Å²) in [6.07, 6.45) is -0.527. The van der Waals surface area contributed by atoms with E-state index in [0.29, 0.717) is 12.0 Å². The van der Waals surface area contributed by atoms with E-state index in [1.54, 1.807) is 6.07 Å². The molecule has 1 aliphatic rings. The van der Waals surface area contributed by atoms with Crippen molar-refractivity contribution >= 4 is 5.84 Å². The molecule has 0 fully saturated rings.